The molecule has 0 aliphatic rings. The Balaban J connectivity index is 2.33. The lowest BCUT2D eigenvalue weighted by Crippen LogP contribution is -2.03. The number of benzene rings is 2. The first kappa shape index (κ1) is 17.7. The van der Waals surface area contributed by atoms with Crippen molar-refractivity contribution in [1.82, 2.24) is 0 Å². The van der Waals surface area contributed by atoms with E-state index >= 15 is 0 Å². The van der Waals surface area contributed by atoms with Gasteiger partial charge in [0.2, 0.25) is 9.84 Å². The van der Waals surface area contributed by atoms with Gasteiger partial charge in [-0.1, -0.05) is 28.1 Å². The van der Waals surface area contributed by atoms with Crippen LogP contribution >= 0.6 is 15.9 Å². The molecule has 0 radical (unpaired) electrons. The standard InChI is InChI=1S/C17H11BrN2O3S/c18-14-3-7-16(8-4-14)24(21,22)17(12-20)11-13-1-5-15(6-2-13)23-10-9-19/h1-8,11H,10H2/b17-11+. The Hall–Kier alpha value is -2.61. The van der Waals surface area contributed by atoms with E-state index < -0.39 is 9.84 Å². The molecular weight excluding hydrogens is 392 g/mol. The van der Waals surface area contributed by atoms with Gasteiger partial charge in [0, 0.05) is 4.47 Å². The van der Waals surface area contributed by atoms with Crippen LogP contribution in [0.2, 0.25) is 0 Å². The molecule has 0 heterocycles. The maximum Gasteiger partial charge on any atom is 0.216 e. The number of halogens is 1. The maximum atomic E-state index is 12.5. The lowest BCUT2D eigenvalue weighted by atomic mass is 10.2. The summed E-state index contributed by atoms with van der Waals surface area (Å²) < 4.78 is 30.9. The van der Waals surface area contributed by atoms with Gasteiger partial charge in [-0.05, 0) is 48.0 Å². The summed E-state index contributed by atoms with van der Waals surface area (Å²) in [6, 6.07) is 16.1. The third kappa shape index (κ3) is 4.23. The molecular formula is C17H11BrN2O3S. The van der Waals surface area contributed by atoms with Crippen molar-refractivity contribution in [2.75, 3.05) is 6.61 Å². The topological polar surface area (TPSA) is 90.9 Å². The quantitative estimate of drug-likeness (QED) is 0.711. The summed E-state index contributed by atoms with van der Waals surface area (Å²) >= 11 is 3.24. The van der Waals surface area contributed by atoms with Gasteiger partial charge in [0.05, 0.1) is 4.90 Å². The lowest BCUT2D eigenvalue weighted by molar-refractivity contribution is 0.368. The van der Waals surface area contributed by atoms with Crippen molar-refractivity contribution in [3.05, 3.63) is 63.5 Å². The molecule has 0 spiro atoms. The van der Waals surface area contributed by atoms with E-state index in [1.165, 1.54) is 18.2 Å². The zero-order valence-electron chi connectivity index (χ0n) is 12.3. The van der Waals surface area contributed by atoms with Crippen LogP contribution in [0.4, 0.5) is 0 Å². The van der Waals surface area contributed by atoms with Crippen LogP contribution in [0.5, 0.6) is 5.75 Å². The van der Waals surface area contributed by atoms with Crippen LogP contribution in [0, 0.1) is 22.7 Å². The van der Waals surface area contributed by atoms with Crippen molar-refractivity contribution in [1.29, 1.82) is 10.5 Å². The molecule has 0 aliphatic carbocycles. The highest BCUT2D eigenvalue weighted by Crippen LogP contribution is 2.23. The summed E-state index contributed by atoms with van der Waals surface area (Å²) in [4.78, 5) is -0.303. The Kier molecular flexibility index (Phi) is 5.75. The number of hydrogen-bond donors (Lipinski definition) is 0. The number of nitrogens with zero attached hydrogens (tertiary/aromatic N) is 2. The van der Waals surface area contributed by atoms with Crippen molar-refractivity contribution in [2.45, 2.75) is 4.90 Å². The Labute approximate surface area is 148 Å². The fourth-order valence-corrected chi connectivity index (χ4v) is 3.26. The smallest absolute Gasteiger partial charge is 0.216 e. The van der Waals surface area contributed by atoms with Crippen LogP contribution < -0.4 is 4.74 Å². The number of hydrogen-bond acceptors (Lipinski definition) is 5. The SMILES string of the molecule is N#CCOc1ccc(/C=C(\C#N)S(=O)(=O)c2ccc(Br)cc2)cc1. The molecule has 5 nitrogen and oxygen atoms in total. The highest BCUT2D eigenvalue weighted by molar-refractivity contribution is 9.10. The van der Waals surface area contributed by atoms with Gasteiger partial charge in [0.1, 0.15) is 22.8 Å². The second kappa shape index (κ2) is 7.78. The number of rotatable bonds is 5. The first-order valence-electron chi connectivity index (χ1n) is 6.69. The molecule has 0 atom stereocenters. The zero-order valence-corrected chi connectivity index (χ0v) is 14.7. The number of sulfone groups is 1. The molecule has 2 aromatic carbocycles. The number of nitriles is 2. The van der Waals surface area contributed by atoms with Crippen molar-refractivity contribution in [3.63, 3.8) is 0 Å². The largest absolute Gasteiger partial charge is 0.479 e. The van der Waals surface area contributed by atoms with Crippen molar-refractivity contribution >= 4 is 31.8 Å². The molecule has 24 heavy (non-hydrogen) atoms. The van der Waals surface area contributed by atoms with Gasteiger partial charge in [0.15, 0.2) is 6.61 Å². The summed E-state index contributed by atoms with van der Waals surface area (Å²) in [7, 11) is -3.89. The molecule has 0 aliphatic heterocycles. The molecule has 2 rings (SSSR count). The van der Waals surface area contributed by atoms with Gasteiger partial charge >= 0.3 is 0 Å². The van der Waals surface area contributed by atoms with Crippen LogP contribution in [0.25, 0.3) is 6.08 Å². The van der Waals surface area contributed by atoms with Gasteiger partial charge in [-0.25, -0.2) is 8.42 Å². The van der Waals surface area contributed by atoms with Crippen LogP contribution in [0.1, 0.15) is 5.56 Å². The van der Waals surface area contributed by atoms with E-state index in [1.807, 2.05) is 6.07 Å². The molecule has 7 heteroatoms. The molecule has 0 N–H and O–H groups in total. The lowest BCUT2D eigenvalue weighted by Gasteiger charge is -2.04. The van der Waals surface area contributed by atoms with Gasteiger partial charge in [-0.15, -0.1) is 0 Å². The summed E-state index contributed by atoms with van der Waals surface area (Å²) in [5.41, 5.74) is 0.538. The van der Waals surface area contributed by atoms with Gasteiger partial charge in [0.25, 0.3) is 0 Å². The average molecular weight is 403 g/mol. The van der Waals surface area contributed by atoms with Crippen LogP contribution in [-0.2, 0) is 9.84 Å². The summed E-state index contributed by atoms with van der Waals surface area (Å²) in [5, 5.41) is 17.7. The Morgan fingerprint density at radius 2 is 1.71 bits per heavy atom. The van der Waals surface area contributed by atoms with Crippen LogP contribution in [0.15, 0.2) is 62.8 Å². The minimum Gasteiger partial charge on any atom is -0.479 e. The van der Waals surface area contributed by atoms with Gasteiger partial charge in [-0.3, -0.25) is 0 Å². The molecule has 0 aromatic heterocycles. The van der Waals surface area contributed by atoms with Gasteiger partial charge in [-0.2, -0.15) is 10.5 Å². The van der Waals surface area contributed by atoms with Gasteiger partial charge < -0.3 is 4.74 Å². The summed E-state index contributed by atoms with van der Waals surface area (Å²) in [6.07, 6.45) is 1.30. The normalized spacial score (nSPS) is 11.4. The highest BCUT2D eigenvalue weighted by atomic mass is 79.9. The number of ether oxygens (including phenoxy) is 1. The van der Waals surface area contributed by atoms with Crippen LogP contribution in [-0.4, -0.2) is 15.0 Å². The fourth-order valence-electron chi connectivity index (χ4n) is 1.84. The Bertz CT molecular complexity index is 935. The average Bonchev–Trinajstić information content (AvgIpc) is 2.59. The first-order valence-corrected chi connectivity index (χ1v) is 8.97. The third-order valence-electron chi connectivity index (χ3n) is 3.00. The van der Waals surface area contributed by atoms with E-state index in [0.29, 0.717) is 11.3 Å². The molecule has 0 fully saturated rings. The van der Waals surface area contributed by atoms with E-state index in [9.17, 15) is 13.7 Å². The maximum absolute atomic E-state index is 12.5. The minimum atomic E-state index is -3.89. The van der Waals surface area contributed by atoms with Crippen molar-refractivity contribution in [3.8, 4) is 17.9 Å². The Morgan fingerprint density at radius 3 is 2.25 bits per heavy atom. The van der Waals surface area contributed by atoms with E-state index in [2.05, 4.69) is 15.9 Å². The number of allylic oxidation sites excluding steroid dienone is 1. The van der Waals surface area contributed by atoms with E-state index in [1.54, 1.807) is 42.5 Å². The van der Waals surface area contributed by atoms with Crippen molar-refractivity contribution < 1.29 is 13.2 Å². The molecule has 2 aromatic rings. The summed E-state index contributed by atoms with van der Waals surface area (Å²) in [5.74, 6) is 0.489. The first-order chi connectivity index (χ1) is 11.5. The molecule has 0 amide bonds. The van der Waals surface area contributed by atoms with E-state index in [0.717, 1.165) is 4.47 Å². The molecule has 0 unspecified atom stereocenters. The highest BCUT2D eigenvalue weighted by Gasteiger charge is 2.20. The second-order valence-electron chi connectivity index (χ2n) is 4.59. The predicted molar refractivity (Wildman–Crippen MR) is 92.5 cm³/mol. The monoisotopic (exact) mass is 402 g/mol. The van der Waals surface area contributed by atoms with Crippen LogP contribution in [0.3, 0.4) is 0 Å². The van der Waals surface area contributed by atoms with E-state index in [4.69, 9.17) is 10.00 Å². The van der Waals surface area contributed by atoms with E-state index in [-0.39, 0.29) is 16.4 Å². The molecule has 0 saturated carbocycles. The van der Waals surface area contributed by atoms with Crippen molar-refractivity contribution in [2.24, 2.45) is 0 Å². The Morgan fingerprint density at radius 1 is 1.08 bits per heavy atom. The molecule has 0 saturated heterocycles. The minimum absolute atomic E-state index is 0.0486. The molecule has 120 valence electrons. The summed E-state index contributed by atoms with van der Waals surface area (Å²) in [6.45, 7) is -0.0728. The third-order valence-corrected chi connectivity index (χ3v) is 5.21. The predicted octanol–water partition coefficient (Wildman–Crippen LogP) is 3.69. The molecule has 0 bridgehead atoms. The second-order valence-corrected chi connectivity index (χ2v) is 7.43. The fraction of sp³-hybridized carbons (Fsp3) is 0.0588. The zero-order chi connectivity index (χ0) is 17.6.